The van der Waals surface area contributed by atoms with Crippen molar-refractivity contribution >= 4 is 34.4 Å². The average molecular weight is 474 g/mol. The molecule has 174 valence electrons. The van der Waals surface area contributed by atoms with Gasteiger partial charge < -0.3 is 9.64 Å². The Hall–Kier alpha value is -3.26. The van der Waals surface area contributed by atoms with Gasteiger partial charge in [-0.3, -0.25) is 19.0 Å². The molecular weight excluding hydrogens is 449 g/mol. The van der Waals surface area contributed by atoms with E-state index in [1.54, 1.807) is 38.2 Å². The van der Waals surface area contributed by atoms with Crippen LogP contribution in [0.2, 0.25) is 5.02 Å². The summed E-state index contributed by atoms with van der Waals surface area (Å²) in [5, 5.41) is 0.248. The standard InChI is InChI=1S/C24H25ClFN3O4/c1-4-20(28(3)21(30)12-13-22(31)33-5-2)23-27-19-9-7-6-8-16(19)24(32)29(23)15-10-11-18(26)17(25)14-15/h6-11,14,20H,4-5,12-13H2,1-3H3. The highest BCUT2D eigenvalue weighted by Gasteiger charge is 2.27. The predicted molar refractivity (Wildman–Crippen MR) is 124 cm³/mol. The molecule has 0 radical (unpaired) electrons. The number of hydrogen-bond donors (Lipinski definition) is 0. The fraction of sp³-hybridized carbons (Fsp3) is 0.333. The molecule has 0 spiro atoms. The second-order valence-electron chi connectivity index (χ2n) is 7.46. The normalized spacial score (nSPS) is 11.9. The smallest absolute Gasteiger partial charge is 0.306 e. The monoisotopic (exact) mass is 473 g/mol. The van der Waals surface area contributed by atoms with Crippen molar-refractivity contribution in [2.45, 2.75) is 39.2 Å². The van der Waals surface area contributed by atoms with Gasteiger partial charge in [-0.15, -0.1) is 0 Å². The van der Waals surface area contributed by atoms with Gasteiger partial charge in [0.1, 0.15) is 11.6 Å². The average Bonchev–Trinajstić information content (AvgIpc) is 2.80. The number of carbonyl (C=O) groups is 2. The quantitative estimate of drug-likeness (QED) is 0.452. The van der Waals surface area contributed by atoms with E-state index >= 15 is 0 Å². The third-order valence-corrected chi connectivity index (χ3v) is 5.65. The largest absolute Gasteiger partial charge is 0.466 e. The summed E-state index contributed by atoms with van der Waals surface area (Å²) in [4.78, 5) is 44.2. The van der Waals surface area contributed by atoms with Gasteiger partial charge in [0.2, 0.25) is 5.91 Å². The number of rotatable bonds is 8. The number of nitrogens with zero attached hydrogens (tertiary/aromatic N) is 3. The molecule has 1 heterocycles. The molecule has 2 aromatic carbocycles. The van der Waals surface area contributed by atoms with Crippen molar-refractivity contribution in [2.24, 2.45) is 0 Å². The van der Waals surface area contributed by atoms with Crippen LogP contribution in [0.1, 0.15) is 45.0 Å². The van der Waals surface area contributed by atoms with Crippen molar-refractivity contribution in [3.8, 4) is 5.69 Å². The first-order valence-corrected chi connectivity index (χ1v) is 11.0. The van der Waals surface area contributed by atoms with Crippen molar-refractivity contribution in [3.63, 3.8) is 0 Å². The minimum absolute atomic E-state index is 0.0357. The highest BCUT2D eigenvalue weighted by molar-refractivity contribution is 6.30. The summed E-state index contributed by atoms with van der Waals surface area (Å²) in [5.41, 5.74) is 0.461. The van der Waals surface area contributed by atoms with Gasteiger partial charge in [0.05, 0.1) is 40.7 Å². The maximum atomic E-state index is 13.8. The van der Waals surface area contributed by atoms with E-state index in [9.17, 15) is 18.8 Å². The van der Waals surface area contributed by atoms with E-state index in [-0.39, 0.29) is 35.9 Å². The van der Waals surface area contributed by atoms with E-state index in [2.05, 4.69) is 0 Å². The summed E-state index contributed by atoms with van der Waals surface area (Å²) in [6.45, 7) is 3.81. The van der Waals surface area contributed by atoms with Crippen molar-refractivity contribution in [1.29, 1.82) is 0 Å². The van der Waals surface area contributed by atoms with Crippen LogP contribution < -0.4 is 5.56 Å². The maximum absolute atomic E-state index is 13.8. The molecule has 0 saturated carbocycles. The van der Waals surface area contributed by atoms with Crippen LogP contribution in [-0.2, 0) is 14.3 Å². The summed E-state index contributed by atoms with van der Waals surface area (Å²) in [6.07, 6.45) is 0.367. The first-order valence-electron chi connectivity index (χ1n) is 10.7. The van der Waals surface area contributed by atoms with Crippen LogP contribution in [0.4, 0.5) is 4.39 Å². The van der Waals surface area contributed by atoms with Crippen LogP contribution >= 0.6 is 11.6 Å². The molecule has 33 heavy (non-hydrogen) atoms. The fourth-order valence-corrected chi connectivity index (χ4v) is 3.84. The summed E-state index contributed by atoms with van der Waals surface area (Å²) in [6, 6.07) is 10.3. The Morgan fingerprint density at radius 3 is 2.58 bits per heavy atom. The second kappa shape index (κ2) is 10.6. The van der Waals surface area contributed by atoms with Crippen molar-refractivity contribution in [2.75, 3.05) is 13.7 Å². The van der Waals surface area contributed by atoms with Gasteiger partial charge in [0.15, 0.2) is 0 Å². The molecule has 1 unspecified atom stereocenters. The van der Waals surface area contributed by atoms with Crippen molar-refractivity contribution in [1.82, 2.24) is 14.5 Å². The van der Waals surface area contributed by atoms with Gasteiger partial charge in [-0.05, 0) is 43.7 Å². The van der Waals surface area contributed by atoms with Crippen LogP contribution in [0.5, 0.6) is 0 Å². The zero-order chi connectivity index (χ0) is 24.1. The Kier molecular flexibility index (Phi) is 7.81. The van der Waals surface area contributed by atoms with Gasteiger partial charge in [-0.25, -0.2) is 9.37 Å². The molecule has 0 aliphatic heterocycles. The second-order valence-corrected chi connectivity index (χ2v) is 7.87. The Balaban J connectivity index is 2.11. The molecule has 9 heteroatoms. The number of fused-ring (bicyclic) bond motifs is 1. The number of halogens is 2. The van der Waals surface area contributed by atoms with E-state index in [1.165, 1.54) is 27.7 Å². The summed E-state index contributed by atoms with van der Waals surface area (Å²) >= 11 is 5.99. The Morgan fingerprint density at radius 1 is 1.18 bits per heavy atom. The van der Waals surface area contributed by atoms with Crippen molar-refractivity contribution in [3.05, 3.63) is 69.5 Å². The zero-order valence-corrected chi connectivity index (χ0v) is 19.4. The maximum Gasteiger partial charge on any atom is 0.306 e. The lowest BCUT2D eigenvalue weighted by Crippen LogP contribution is -2.36. The van der Waals surface area contributed by atoms with E-state index in [1.807, 2.05) is 6.92 Å². The van der Waals surface area contributed by atoms with Gasteiger partial charge in [-0.1, -0.05) is 30.7 Å². The van der Waals surface area contributed by atoms with Crippen LogP contribution in [0.3, 0.4) is 0 Å². The first-order chi connectivity index (χ1) is 15.8. The molecular formula is C24H25ClFN3O4. The number of carbonyl (C=O) groups excluding carboxylic acids is 2. The highest BCUT2D eigenvalue weighted by atomic mass is 35.5. The molecule has 3 rings (SSSR count). The lowest BCUT2D eigenvalue weighted by Gasteiger charge is -2.29. The number of ether oxygens (including phenoxy) is 1. The minimum Gasteiger partial charge on any atom is -0.466 e. The van der Waals surface area contributed by atoms with E-state index in [4.69, 9.17) is 21.3 Å². The van der Waals surface area contributed by atoms with Gasteiger partial charge >= 0.3 is 5.97 Å². The molecule has 1 atom stereocenters. The molecule has 1 amide bonds. The molecule has 1 aromatic heterocycles. The molecule has 0 bridgehead atoms. The predicted octanol–water partition coefficient (Wildman–Crippen LogP) is 4.43. The van der Waals surface area contributed by atoms with E-state index in [0.717, 1.165) is 0 Å². The van der Waals surface area contributed by atoms with Gasteiger partial charge in [-0.2, -0.15) is 0 Å². The third-order valence-electron chi connectivity index (χ3n) is 5.36. The fourth-order valence-electron chi connectivity index (χ4n) is 3.67. The highest BCUT2D eigenvalue weighted by Crippen LogP contribution is 2.27. The SMILES string of the molecule is CCOC(=O)CCC(=O)N(C)C(CC)c1nc2ccccc2c(=O)n1-c1ccc(F)c(Cl)c1. The van der Waals surface area contributed by atoms with Crippen molar-refractivity contribution < 1.29 is 18.7 Å². The lowest BCUT2D eigenvalue weighted by atomic mass is 10.1. The van der Waals surface area contributed by atoms with Crippen LogP contribution in [0.15, 0.2) is 47.3 Å². The molecule has 0 fully saturated rings. The third kappa shape index (κ3) is 5.22. The summed E-state index contributed by atoms with van der Waals surface area (Å²) in [5.74, 6) is -1.03. The molecule has 0 aliphatic rings. The number of aromatic nitrogens is 2. The van der Waals surface area contributed by atoms with E-state index in [0.29, 0.717) is 28.8 Å². The van der Waals surface area contributed by atoms with Crippen LogP contribution in [-0.4, -0.2) is 40.0 Å². The first kappa shape index (κ1) is 24.4. The molecule has 0 aliphatic carbocycles. The molecule has 0 N–H and O–H groups in total. The van der Waals surface area contributed by atoms with Gasteiger partial charge in [0.25, 0.3) is 5.56 Å². The van der Waals surface area contributed by atoms with E-state index < -0.39 is 17.8 Å². The lowest BCUT2D eigenvalue weighted by molar-refractivity contribution is -0.145. The minimum atomic E-state index is -0.609. The Labute approximate surface area is 195 Å². The molecule has 7 nitrogen and oxygen atoms in total. The topological polar surface area (TPSA) is 81.5 Å². The summed E-state index contributed by atoms with van der Waals surface area (Å²) in [7, 11) is 1.60. The Bertz CT molecular complexity index is 1240. The molecule has 0 saturated heterocycles. The Morgan fingerprint density at radius 2 is 1.91 bits per heavy atom. The number of esters is 1. The zero-order valence-electron chi connectivity index (χ0n) is 18.7. The summed E-state index contributed by atoms with van der Waals surface area (Å²) < 4.78 is 20.1. The number of amides is 1. The number of para-hydroxylation sites is 1. The molecule has 3 aromatic rings. The van der Waals surface area contributed by atoms with Crippen LogP contribution in [0.25, 0.3) is 16.6 Å². The number of hydrogen-bond acceptors (Lipinski definition) is 5. The number of benzene rings is 2. The van der Waals surface area contributed by atoms with Gasteiger partial charge in [0, 0.05) is 13.5 Å². The van der Waals surface area contributed by atoms with Crippen LogP contribution in [0, 0.1) is 5.82 Å².